The molecule has 2 saturated heterocycles. The lowest BCUT2D eigenvalue weighted by Gasteiger charge is -2.43. The van der Waals surface area contributed by atoms with Gasteiger partial charge in [-0.1, -0.05) is 29.8 Å². The summed E-state index contributed by atoms with van der Waals surface area (Å²) in [6.07, 6.45) is 6.57. The second-order valence-electron chi connectivity index (χ2n) is 8.76. The first-order valence-electron chi connectivity index (χ1n) is 11.2. The molecule has 1 aromatic carbocycles. The highest BCUT2D eigenvalue weighted by atomic mass is 35.5. The molecule has 1 spiro atoms. The van der Waals surface area contributed by atoms with Gasteiger partial charge in [0.1, 0.15) is 18.2 Å². The highest BCUT2D eigenvalue weighted by molar-refractivity contribution is 6.30. The smallest absolute Gasteiger partial charge is 0.246 e. The lowest BCUT2D eigenvalue weighted by atomic mass is 9.86. The molecule has 8 heteroatoms. The van der Waals surface area contributed by atoms with Gasteiger partial charge in [0, 0.05) is 49.7 Å². The van der Waals surface area contributed by atoms with Crippen LogP contribution in [0.3, 0.4) is 0 Å². The molecule has 3 aromatic rings. The van der Waals surface area contributed by atoms with Crippen LogP contribution in [0.25, 0.3) is 5.82 Å². The number of nitrogens with zero attached hydrogens (tertiary/aromatic N) is 4. The van der Waals surface area contributed by atoms with Crippen molar-refractivity contribution in [2.24, 2.45) is 0 Å². The Kier molecular flexibility index (Phi) is 6.19. The number of carbonyl (C=O) groups is 1. The van der Waals surface area contributed by atoms with Gasteiger partial charge in [-0.25, -0.2) is 14.4 Å². The van der Waals surface area contributed by atoms with E-state index in [1.165, 1.54) is 6.07 Å². The SMILES string of the molecule is O=C1CCC2(CCN(Cc3cccn3-c3ccc(Cl)cn3)CC2)N1OCc1ccccc1F. The van der Waals surface area contributed by atoms with Crippen LogP contribution in [0.4, 0.5) is 4.39 Å². The monoisotopic (exact) mass is 468 g/mol. The van der Waals surface area contributed by atoms with E-state index >= 15 is 0 Å². The van der Waals surface area contributed by atoms with Crippen molar-refractivity contribution in [2.45, 2.75) is 44.4 Å². The Hall–Kier alpha value is -2.74. The van der Waals surface area contributed by atoms with Gasteiger partial charge in [-0.15, -0.1) is 0 Å². The largest absolute Gasteiger partial charge is 0.304 e. The highest BCUT2D eigenvalue weighted by Crippen LogP contribution is 2.40. The first-order valence-corrected chi connectivity index (χ1v) is 11.6. The predicted octanol–water partition coefficient (Wildman–Crippen LogP) is 4.75. The summed E-state index contributed by atoms with van der Waals surface area (Å²) in [7, 11) is 0. The van der Waals surface area contributed by atoms with E-state index in [1.807, 2.05) is 24.4 Å². The standard InChI is InChI=1S/C25H26ClFN4O2/c26-20-7-8-23(28-16-20)30-13-3-5-21(30)17-29-14-11-25(12-15-29)10-9-24(32)31(25)33-18-19-4-1-2-6-22(19)27/h1-8,13,16H,9-12,14-15,17-18H2. The van der Waals surface area contributed by atoms with Gasteiger partial charge < -0.3 is 4.57 Å². The van der Waals surface area contributed by atoms with Crippen molar-refractivity contribution >= 4 is 17.5 Å². The van der Waals surface area contributed by atoms with Crippen LogP contribution in [-0.4, -0.2) is 44.0 Å². The Bertz CT molecular complexity index is 1130. The van der Waals surface area contributed by atoms with Crippen LogP contribution in [0.1, 0.15) is 36.9 Å². The van der Waals surface area contributed by atoms with Crippen LogP contribution in [0.2, 0.25) is 5.02 Å². The maximum absolute atomic E-state index is 14.0. The van der Waals surface area contributed by atoms with Gasteiger partial charge in [0.2, 0.25) is 5.91 Å². The molecule has 2 fully saturated rings. The van der Waals surface area contributed by atoms with E-state index in [0.717, 1.165) is 50.4 Å². The molecule has 4 heterocycles. The molecule has 0 N–H and O–H groups in total. The molecular weight excluding hydrogens is 443 g/mol. The predicted molar refractivity (Wildman–Crippen MR) is 123 cm³/mol. The molecule has 0 unspecified atom stereocenters. The summed E-state index contributed by atoms with van der Waals surface area (Å²) in [6, 6.07) is 14.4. The van der Waals surface area contributed by atoms with Crippen molar-refractivity contribution in [1.29, 1.82) is 0 Å². The number of carbonyl (C=O) groups excluding carboxylic acids is 1. The minimum absolute atomic E-state index is 0.0116. The van der Waals surface area contributed by atoms with Crippen LogP contribution in [-0.2, 0) is 22.8 Å². The maximum Gasteiger partial charge on any atom is 0.246 e. The van der Waals surface area contributed by atoms with Gasteiger partial charge in [0.15, 0.2) is 0 Å². The summed E-state index contributed by atoms with van der Waals surface area (Å²) in [5.41, 5.74) is 1.30. The molecule has 0 saturated carbocycles. The number of rotatable bonds is 6. The van der Waals surface area contributed by atoms with Crippen molar-refractivity contribution in [3.8, 4) is 5.82 Å². The van der Waals surface area contributed by atoms with Gasteiger partial charge in [-0.3, -0.25) is 14.5 Å². The summed E-state index contributed by atoms with van der Waals surface area (Å²) in [4.78, 5) is 25.3. The van der Waals surface area contributed by atoms with Gasteiger partial charge in [0.25, 0.3) is 0 Å². The van der Waals surface area contributed by atoms with Crippen LogP contribution in [0.5, 0.6) is 0 Å². The molecule has 172 valence electrons. The molecule has 6 nitrogen and oxygen atoms in total. The number of piperidine rings is 1. The number of pyridine rings is 1. The number of likely N-dealkylation sites (tertiary alicyclic amines) is 1. The van der Waals surface area contributed by atoms with E-state index in [4.69, 9.17) is 16.4 Å². The topological polar surface area (TPSA) is 50.6 Å². The molecule has 5 rings (SSSR count). The molecule has 2 aliphatic heterocycles. The van der Waals surface area contributed by atoms with Crippen molar-refractivity contribution < 1.29 is 14.0 Å². The molecule has 0 aliphatic carbocycles. The Labute approximate surface area is 197 Å². The number of hydrogen-bond acceptors (Lipinski definition) is 4. The number of benzene rings is 1. The fourth-order valence-corrected chi connectivity index (χ4v) is 4.97. The summed E-state index contributed by atoms with van der Waals surface area (Å²) >= 11 is 5.98. The lowest BCUT2D eigenvalue weighted by Crippen LogP contribution is -2.52. The van der Waals surface area contributed by atoms with Gasteiger partial charge in [0.05, 0.1) is 10.6 Å². The summed E-state index contributed by atoms with van der Waals surface area (Å²) in [6.45, 7) is 2.56. The van der Waals surface area contributed by atoms with Crippen molar-refractivity contribution in [3.63, 3.8) is 0 Å². The summed E-state index contributed by atoms with van der Waals surface area (Å²) in [5, 5.41) is 2.17. The second-order valence-corrected chi connectivity index (χ2v) is 9.19. The van der Waals surface area contributed by atoms with Gasteiger partial charge >= 0.3 is 0 Å². The molecule has 0 bridgehead atoms. The summed E-state index contributed by atoms with van der Waals surface area (Å²) in [5.74, 6) is 0.510. The molecule has 0 radical (unpaired) electrons. The van der Waals surface area contributed by atoms with Crippen LogP contribution in [0.15, 0.2) is 60.9 Å². The first-order chi connectivity index (χ1) is 16.0. The zero-order valence-electron chi connectivity index (χ0n) is 18.3. The van der Waals surface area contributed by atoms with Crippen molar-refractivity contribution in [3.05, 3.63) is 83.0 Å². The number of hydroxylamine groups is 2. The number of amides is 1. The molecule has 2 aromatic heterocycles. The Morgan fingerprint density at radius 3 is 2.64 bits per heavy atom. The fraction of sp³-hybridized carbons (Fsp3) is 0.360. The first kappa shape index (κ1) is 22.1. The normalized spacial score (nSPS) is 18.4. The van der Waals surface area contributed by atoms with E-state index < -0.39 is 0 Å². The van der Waals surface area contributed by atoms with Crippen LogP contribution >= 0.6 is 11.6 Å². The zero-order chi connectivity index (χ0) is 22.8. The van der Waals surface area contributed by atoms with Gasteiger partial charge in [-0.05, 0) is 49.6 Å². The average Bonchev–Trinajstić information content (AvgIpc) is 3.40. The molecule has 0 atom stereocenters. The third kappa shape index (κ3) is 4.53. The molecule has 2 aliphatic rings. The average molecular weight is 469 g/mol. The third-order valence-electron chi connectivity index (χ3n) is 6.73. The number of aromatic nitrogens is 2. The van der Waals surface area contributed by atoms with Crippen LogP contribution < -0.4 is 0 Å². The minimum Gasteiger partial charge on any atom is -0.304 e. The van der Waals surface area contributed by atoms with Crippen molar-refractivity contribution in [2.75, 3.05) is 13.1 Å². The second kappa shape index (κ2) is 9.25. The van der Waals surface area contributed by atoms with Crippen molar-refractivity contribution in [1.82, 2.24) is 19.5 Å². The summed E-state index contributed by atoms with van der Waals surface area (Å²) < 4.78 is 16.1. The number of hydrogen-bond donors (Lipinski definition) is 0. The molecule has 33 heavy (non-hydrogen) atoms. The third-order valence-corrected chi connectivity index (χ3v) is 6.96. The Balaban J connectivity index is 1.23. The Morgan fingerprint density at radius 2 is 1.88 bits per heavy atom. The minimum atomic E-state index is -0.314. The van der Waals surface area contributed by atoms with E-state index in [1.54, 1.807) is 29.5 Å². The van der Waals surface area contributed by atoms with E-state index in [2.05, 4.69) is 20.5 Å². The van der Waals surface area contributed by atoms with E-state index in [-0.39, 0.29) is 23.9 Å². The van der Waals surface area contributed by atoms with E-state index in [9.17, 15) is 9.18 Å². The number of halogens is 2. The quantitative estimate of drug-likeness (QED) is 0.523. The fourth-order valence-electron chi connectivity index (χ4n) is 4.85. The van der Waals surface area contributed by atoms with Gasteiger partial charge in [-0.2, -0.15) is 0 Å². The van der Waals surface area contributed by atoms with Crippen LogP contribution in [0, 0.1) is 5.82 Å². The maximum atomic E-state index is 14.0. The molecular formula is C25H26ClFN4O2. The Morgan fingerprint density at radius 1 is 1.06 bits per heavy atom. The molecule has 1 amide bonds. The van der Waals surface area contributed by atoms with E-state index in [0.29, 0.717) is 17.0 Å². The highest BCUT2D eigenvalue weighted by Gasteiger charge is 2.48. The lowest BCUT2D eigenvalue weighted by molar-refractivity contribution is -0.223. The zero-order valence-corrected chi connectivity index (χ0v) is 19.0.